The summed E-state index contributed by atoms with van der Waals surface area (Å²) in [4.78, 5) is 12.3. The molecule has 0 saturated carbocycles. The van der Waals surface area contributed by atoms with Crippen molar-refractivity contribution in [3.05, 3.63) is 12.2 Å². The van der Waals surface area contributed by atoms with E-state index in [4.69, 9.17) is 5.11 Å². The van der Waals surface area contributed by atoms with Gasteiger partial charge in [-0.25, -0.2) is 0 Å². The van der Waals surface area contributed by atoms with Crippen LogP contribution in [-0.4, -0.2) is 35.6 Å². The van der Waals surface area contributed by atoms with Crippen molar-refractivity contribution in [1.82, 2.24) is 4.90 Å². The van der Waals surface area contributed by atoms with Gasteiger partial charge in [0.2, 0.25) is 5.91 Å². The molecule has 0 spiro atoms. The van der Waals surface area contributed by atoms with Crippen molar-refractivity contribution < 1.29 is 9.90 Å². The van der Waals surface area contributed by atoms with E-state index in [9.17, 15) is 4.79 Å². The van der Waals surface area contributed by atoms with Crippen LogP contribution in [-0.2, 0) is 4.79 Å². The molecule has 0 aromatic rings. The van der Waals surface area contributed by atoms with Crippen molar-refractivity contribution in [2.45, 2.75) is 0 Å². The third-order valence-corrected chi connectivity index (χ3v) is 1.27. The first kappa shape index (κ1) is 6.29. The molecule has 0 atom stereocenters. The number of hydrogen-bond donors (Lipinski definition) is 1. The molecule has 0 radical (unpaired) electrons. The number of rotatable bonds is 2. The Hall–Kier alpha value is -0.830. The van der Waals surface area contributed by atoms with Crippen molar-refractivity contribution in [3.8, 4) is 0 Å². The maximum atomic E-state index is 10.7. The summed E-state index contributed by atoms with van der Waals surface area (Å²) in [5, 5.41) is 8.42. The van der Waals surface area contributed by atoms with E-state index in [1.54, 1.807) is 11.0 Å². The van der Waals surface area contributed by atoms with Gasteiger partial charge in [-0.2, -0.15) is 0 Å². The molecule has 1 aliphatic heterocycles. The highest BCUT2D eigenvalue weighted by Crippen LogP contribution is 1.98. The maximum absolute atomic E-state index is 10.7. The monoisotopic (exact) mass is 127 g/mol. The molecule has 3 nitrogen and oxygen atoms in total. The molecule has 50 valence electrons. The average molecular weight is 127 g/mol. The first-order chi connectivity index (χ1) is 4.34. The summed E-state index contributed by atoms with van der Waals surface area (Å²) in [7, 11) is 0. The molecule has 3 heteroatoms. The number of carbonyl (C=O) groups is 1. The Labute approximate surface area is 53.6 Å². The van der Waals surface area contributed by atoms with E-state index in [0.29, 0.717) is 13.1 Å². The highest BCUT2D eigenvalue weighted by molar-refractivity contribution is 5.89. The molecule has 0 aromatic carbocycles. The Morgan fingerprint density at radius 1 is 1.78 bits per heavy atom. The van der Waals surface area contributed by atoms with Crippen LogP contribution in [0.1, 0.15) is 0 Å². The summed E-state index contributed by atoms with van der Waals surface area (Å²) >= 11 is 0. The smallest absolute Gasteiger partial charge is 0.246 e. The van der Waals surface area contributed by atoms with Gasteiger partial charge in [0.05, 0.1) is 6.61 Å². The fraction of sp³-hybridized carbons (Fsp3) is 0.500. The van der Waals surface area contributed by atoms with Crippen molar-refractivity contribution in [1.29, 1.82) is 0 Å². The van der Waals surface area contributed by atoms with E-state index in [0.717, 1.165) is 0 Å². The number of aliphatic hydroxyl groups excluding tert-OH is 1. The molecule has 0 bridgehead atoms. The minimum Gasteiger partial charge on any atom is -0.395 e. The van der Waals surface area contributed by atoms with Crippen molar-refractivity contribution in [3.63, 3.8) is 0 Å². The normalized spacial score (nSPS) is 17.4. The molecule has 1 rings (SSSR count). The molecule has 0 fully saturated rings. The molecule has 9 heavy (non-hydrogen) atoms. The van der Waals surface area contributed by atoms with E-state index < -0.39 is 0 Å². The van der Waals surface area contributed by atoms with Crippen molar-refractivity contribution in [2.75, 3.05) is 19.7 Å². The lowest BCUT2D eigenvalue weighted by atomic mass is 10.5. The van der Waals surface area contributed by atoms with E-state index in [1.807, 2.05) is 0 Å². The van der Waals surface area contributed by atoms with Crippen LogP contribution in [0.25, 0.3) is 0 Å². The van der Waals surface area contributed by atoms with Gasteiger partial charge in [-0.3, -0.25) is 4.79 Å². The molecular weight excluding hydrogens is 118 g/mol. The second-order valence-corrected chi connectivity index (χ2v) is 1.91. The van der Waals surface area contributed by atoms with E-state index in [2.05, 4.69) is 0 Å². The Morgan fingerprint density at radius 2 is 2.56 bits per heavy atom. The van der Waals surface area contributed by atoms with Gasteiger partial charge in [-0.15, -0.1) is 0 Å². The SMILES string of the molecule is O=C1C=CCN1CCO. The van der Waals surface area contributed by atoms with Crippen LogP contribution in [0, 0.1) is 0 Å². The molecule has 0 aliphatic carbocycles. The lowest BCUT2D eigenvalue weighted by Gasteiger charge is -2.12. The third-order valence-electron chi connectivity index (χ3n) is 1.27. The first-order valence-corrected chi connectivity index (χ1v) is 2.91. The van der Waals surface area contributed by atoms with Gasteiger partial charge >= 0.3 is 0 Å². The van der Waals surface area contributed by atoms with Gasteiger partial charge < -0.3 is 10.0 Å². The summed E-state index contributed by atoms with van der Waals surface area (Å²) in [6, 6.07) is 0. The zero-order chi connectivity index (χ0) is 6.69. The van der Waals surface area contributed by atoms with Gasteiger partial charge in [0.25, 0.3) is 0 Å². The van der Waals surface area contributed by atoms with E-state index >= 15 is 0 Å². The summed E-state index contributed by atoms with van der Waals surface area (Å²) in [6.07, 6.45) is 3.31. The van der Waals surface area contributed by atoms with Gasteiger partial charge in [-0.1, -0.05) is 6.08 Å². The standard InChI is InChI=1S/C6H9NO2/c8-5-4-7-3-1-2-6(7)9/h1-2,8H,3-5H2. The molecule has 0 unspecified atom stereocenters. The van der Waals surface area contributed by atoms with Gasteiger partial charge in [-0.05, 0) is 0 Å². The zero-order valence-electron chi connectivity index (χ0n) is 5.08. The van der Waals surface area contributed by atoms with Gasteiger partial charge in [0, 0.05) is 19.2 Å². The lowest BCUT2D eigenvalue weighted by Crippen LogP contribution is -2.28. The van der Waals surface area contributed by atoms with Crippen molar-refractivity contribution >= 4 is 5.91 Å². The predicted molar refractivity (Wildman–Crippen MR) is 32.8 cm³/mol. The van der Waals surface area contributed by atoms with Crippen LogP contribution in [0.15, 0.2) is 12.2 Å². The Balaban J connectivity index is 2.37. The molecule has 1 heterocycles. The fourth-order valence-electron chi connectivity index (χ4n) is 0.798. The van der Waals surface area contributed by atoms with Crippen LogP contribution >= 0.6 is 0 Å². The Morgan fingerprint density at radius 3 is 3.00 bits per heavy atom. The van der Waals surface area contributed by atoms with E-state index in [1.165, 1.54) is 6.08 Å². The quantitative estimate of drug-likeness (QED) is 0.537. The Kier molecular flexibility index (Phi) is 1.85. The number of carbonyl (C=O) groups excluding carboxylic acids is 1. The fourth-order valence-corrected chi connectivity index (χ4v) is 0.798. The third kappa shape index (κ3) is 1.29. The van der Waals surface area contributed by atoms with Crippen LogP contribution in [0.5, 0.6) is 0 Å². The second kappa shape index (κ2) is 2.64. The summed E-state index contributed by atoms with van der Waals surface area (Å²) in [6.45, 7) is 1.15. The number of aliphatic hydroxyl groups is 1. The molecule has 0 aromatic heterocycles. The molecule has 0 saturated heterocycles. The number of hydrogen-bond acceptors (Lipinski definition) is 2. The highest BCUT2D eigenvalue weighted by Gasteiger charge is 2.12. The van der Waals surface area contributed by atoms with Gasteiger partial charge in [0.1, 0.15) is 0 Å². The lowest BCUT2D eigenvalue weighted by molar-refractivity contribution is -0.124. The van der Waals surface area contributed by atoms with Crippen LogP contribution in [0.2, 0.25) is 0 Å². The van der Waals surface area contributed by atoms with Crippen molar-refractivity contribution in [2.24, 2.45) is 0 Å². The average Bonchev–Trinajstić information content (AvgIpc) is 2.18. The molecule has 1 N–H and O–H groups in total. The summed E-state index contributed by atoms with van der Waals surface area (Å²) < 4.78 is 0. The summed E-state index contributed by atoms with van der Waals surface area (Å²) in [5.41, 5.74) is 0. The topological polar surface area (TPSA) is 40.5 Å². The van der Waals surface area contributed by atoms with Crippen LogP contribution in [0.3, 0.4) is 0 Å². The molecule has 1 amide bonds. The molecule has 1 aliphatic rings. The largest absolute Gasteiger partial charge is 0.395 e. The Bertz CT molecular complexity index is 142. The number of amides is 1. The maximum Gasteiger partial charge on any atom is 0.246 e. The second-order valence-electron chi connectivity index (χ2n) is 1.91. The number of β-amino-alcohol motifs (C(OH)–C–C–N with tert-alkyl or cyclic N) is 1. The van der Waals surface area contributed by atoms with Crippen LogP contribution in [0.4, 0.5) is 0 Å². The van der Waals surface area contributed by atoms with Gasteiger partial charge in [0.15, 0.2) is 0 Å². The predicted octanol–water partition coefficient (Wildman–Crippen LogP) is -0.623. The zero-order valence-corrected chi connectivity index (χ0v) is 5.08. The minimum atomic E-state index is 0.00375. The highest BCUT2D eigenvalue weighted by atomic mass is 16.3. The minimum absolute atomic E-state index is 0.00375. The first-order valence-electron chi connectivity index (χ1n) is 2.91. The van der Waals surface area contributed by atoms with Crippen LogP contribution < -0.4 is 0 Å². The number of nitrogens with zero attached hydrogens (tertiary/aromatic N) is 1. The van der Waals surface area contributed by atoms with E-state index in [-0.39, 0.29) is 12.5 Å². The summed E-state index contributed by atoms with van der Waals surface area (Å²) in [5.74, 6) is 0.00375. The molecular formula is C6H9NO2.